The number of hydrogen-bond acceptors (Lipinski definition) is 3. The van der Waals surface area contributed by atoms with Gasteiger partial charge in [0.05, 0.1) is 10.2 Å². The van der Waals surface area contributed by atoms with Gasteiger partial charge in [0.15, 0.2) is 5.11 Å². The van der Waals surface area contributed by atoms with Crippen LogP contribution in [0.4, 0.5) is 0 Å². The molecule has 7 heteroatoms. The lowest BCUT2D eigenvalue weighted by atomic mass is 10.4. The molecular weight excluding hydrogens is 352 g/mol. The first-order valence-corrected chi connectivity index (χ1v) is 8.55. The van der Waals surface area contributed by atoms with Gasteiger partial charge in [0.2, 0.25) is 0 Å². The van der Waals surface area contributed by atoms with E-state index >= 15 is 0 Å². The summed E-state index contributed by atoms with van der Waals surface area (Å²) >= 11 is 8.76. The van der Waals surface area contributed by atoms with Gasteiger partial charge in [-0.2, -0.15) is 5.10 Å². The third-order valence-electron chi connectivity index (χ3n) is 3.08. The molecule has 0 aliphatic carbocycles. The van der Waals surface area contributed by atoms with Crippen LogP contribution in [-0.2, 0) is 11.3 Å². The Kier molecular flexibility index (Phi) is 8.87. The van der Waals surface area contributed by atoms with Gasteiger partial charge in [0, 0.05) is 38.5 Å². The van der Waals surface area contributed by atoms with Gasteiger partial charge in [0.25, 0.3) is 0 Å². The predicted molar refractivity (Wildman–Crippen MR) is 93.7 cm³/mol. The lowest BCUT2D eigenvalue weighted by Gasteiger charge is -2.11. The van der Waals surface area contributed by atoms with Crippen molar-refractivity contribution >= 4 is 33.3 Å². The lowest BCUT2D eigenvalue weighted by Crippen LogP contribution is -2.36. The highest BCUT2D eigenvalue weighted by Crippen LogP contribution is 2.19. The smallest absolute Gasteiger partial charge is 0.166 e. The standard InChI is InChI=1S/C14H25BrN4OS/c1-4-20-10-6-8-17-14(21)16-7-5-9-19-12(3)13(15)11(2)18-19/h4-10H2,1-3H3,(H2,16,17,21). The minimum Gasteiger partial charge on any atom is -0.382 e. The van der Waals surface area contributed by atoms with E-state index in [1.165, 1.54) is 5.69 Å². The molecule has 0 atom stereocenters. The summed E-state index contributed by atoms with van der Waals surface area (Å²) in [5.41, 5.74) is 2.20. The number of nitrogens with one attached hydrogen (secondary N) is 2. The van der Waals surface area contributed by atoms with Crippen molar-refractivity contribution in [2.24, 2.45) is 0 Å². The Bertz CT molecular complexity index is 450. The van der Waals surface area contributed by atoms with Crippen molar-refractivity contribution in [3.8, 4) is 0 Å². The normalized spacial score (nSPS) is 10.7. The molecule has 1 aromatic heterocycles. The third kappa shape index (κ3) is 6.76. The molecule has 1 heterocycles. The summed E-state index contributed by atoms with van der Waals surface area (Å²) in [5, 5.41) is 11.6. The fourth-order valence-corrected chi connectivity index (χ4v) is 2.39. The first-order chi connectivity index (χ1) is 10.1. The Morgan fingerprint density at radius 1 is 1.29 bits per heavy atom. The van der Waals surface area contributed by atoms with Crippen molar-refractivity contribution in [3.63, 3.8) is 0 Å². The maximum absolute atomic E-state index is 5.27. The Morgan fingerprint density at radius 2 is 1.95 bits per heavy atom. The molecule has 0 bridgehead atoms. The molecule has 0 amide bonds. The summed E-state index contributed by atoms with van der Waals surface area (Å²) in [6.45, 7) is 10.2. The van der Waals surface area contributed by atoms with Gasteiger partial charge in [-0.3, -0.25) is 4.68 Å². The zero-order chi connectivity index (χ0) is 15.7. The number of aryl methyl sites for hydroxylation is 2. The van der Waals surface area contributed by atoms with Crippen LogP contribution >= 0.6 is 28.1 Å². The van der Waals surface area contributed by atoms with Crippen molar-refractivity contribution < 1.29 is 4.74 Å². The van der Waals surface area contributed by atoms with E-state index in [0.29, 0.717) is 5.11 Å². The zero-order valence-corrected chi connectivity index (χ0v) is 15.4. The van der Waals surface area contributed by atoms with Crippen LogP contribution in [0.2, 0.25) is 0 Å². The van der Waals surface area contributed by atoms with Gasteiger partial charge in [-0.15, -0.1) is 0 Å². The number of hydrogen-bond donors (Lipinski definition) is 2. The number of rotatable bonds is 9. The molecule has 2 N–H and O–H groups in total. The van der Waals surface area contributed by atoms with E-state index < -0.39 is 0 Å². The largest absolute Gasteiger partial charge is 0.382 e. The van der Waals surface area contributed by atoms with E-state index in [0.717, 1.165) is 55.9 Å². The molecule has 5 nitrogen and oxygen atoms in total. The second-order valence-electron chi connectivity index (χ2n) is 4.79. The lowest BCUT2D eigenvalue weighted by molar-refractivity contribution is 0.145. The van der Waals surface area contributed by atoms with E-state index in [9.17, 15) is 0 Å². The molecule has 0 aromatic carbocycles. The minimum absolute atomic E-state index is 0.709. The van der Waals surface area contributed by atoms with E-state index in [2.05, 4.69) is 38.6 Å². The molecule has 0 saturated heterocycles. The number of thiocarbonyl (C=S) groups is 1. The average Bonchev–Trinajstić information content (AvgIpc) is 2.71. The Balaban J connectivity index is 2.10. The van der Waals surface area contributed by atoms with Crippen molar-refractivity contribution in [2.45, 2.75) is 40.2 Å². The number of nitrogens with zero attached hydrogens (tertiary/aromatic N) is 2. The molecular formula is C14H25BrN4OS. The van der Waals surface area contributed by atoms with Gasteiger partial charge in [0.1, 0.15) is 0 Å². The Labute approximate surface area is 140 Å². The van der Waals surface area contributed by atoms with Gasteiger partial charge in [-0.25, -0.2) is 0 Å². The van der Waals surface area contributed by atoms with Crippen LogP contribution in [0, 0.1) is 13.8 Å². The van der Waals surface area contributed by atoms with Crippen molar-refractivity contribution in [1.82, 2.24) is 20.4 Å². The monoisotopic (exact) mass is 376 g/mol. The average molecular weight is 377 g/mol. The van der Waals surface area contributed by atoms with Crippen LogP contribution in [-0.4, -0.2) is 41.2 Å². The van der Waals surface area contributed by atoms with Crippen LogP contribution in [0.1, 0.15) is 31.2 Å². The van der Waals surface area contributed by atoms with Crippen molar-refractivity contribution in [2.75, 3.05) is 26.3 Å². The molecule has 1 aromatic rings. The second kappa shape index (κ2) is 10.1. The molecule has 120 valence electrons. The maximum atomic E-state index is 5.27. The van der Waals surface area contributed by atoms with Crippen LogP contribution < -0.4 is 10.6 Å². The van der Waals surface area contributed by atoms with Crippen LogP contribution in [0.5, 0.6) is 0 Å². The minimum atomic E-state index is 0.709. The molecule has 0 fully saturated rings. The zero-order valence-electron chi connectivity index (χ0n) is 13.0. The molecule has 0 aliphatic heterocycles. The fourth-order valence-electron chi connectivity index (χ4n) is 1.91. The Morgan fingerprint density at radius 3 is 2.52 bits per heavy atom. The maximum Gasteiger partial charge on any atom is 0.166 e. The molecule has 0 spiro atoms. The molecule has 0 radical (unpaired) electrons. The first-order valence-electron chi connectivity index (χ1n) is 7.35. The summed E-state index contributed by atoms with van der Waals surface area (Å²) in [6, 6.07) is 0. The SMILES string of the molecule is CCOCCCNC(=S)NCCCn1nc(C)c(Br)c1C. The van der Waals surface area contributed by atoms with E-state index in [1.807, 2.05) is 18.5 Å². The highest BCUT2D eigenvalue weighted by molar-refractivity contribution is 9.10. The van der Waals surface area contributed by atoms with Gasteiger partial charge in [-0.1, -0.05) is 0 Å². The first kappa shape index (κ1) is 18.4. The topological polar surface area (TPSA) is 51.1 Å². The fraction of sp³-hybridized carbons (Fsp3) is 0.714. The Hall–Kier alpha value is -0.660. The predicted octanol–water partition coefficient (Wildman–Crippen LogP) is 2.54. The van der Waals surface area contributed by atoms with Crippen molar-refractivity contribution in [1.29, 1.82) is 0 Å². The molecule has 0 saturated carbocycles. The summed E-state index contributed by atoms with van der Waals surface area (Å²) in [6.07, 6.45) is 1.95. The number of halogens is 1. The summed E-state index contributed by atoms with van der Waals surface area (Å²) < 4.78 is 8.39. The number of ether oxygens (including phenoxy) is 1. The van der Waals surface area contributed by atoms with E-state index in [1.54, 1.807) is 0 Å². The molecule has 0 aliphatic rings. The van der Waals surface area contributed by atoms with Crippen LogP contribution in [0.25, 0.3) is 0 Å². The second-order valence-corrected chi connectivity index (χ2v) is 6.00. The van der Waals surface area contributed by atoms with Crippen molar-refractivity contribution in [3.05, 3.63) is 15.9 Å². The van der Waals surface area contributed by atoms with Gasteiger partial charge >= 0.3 is 0 Å². The van der Waals surface area contributed by atoms with Gasteiger partial charge < -0.3 is 15.4 Å². The summed E-state index contributed by atoms with van der Waals surface area (Å²) in [7, 11) is 0. The molecule has 21 heavy (non-hydrogen) atoms. The quantitative estimate of drug-likeness (QED) is 0.512. The molecule has 0 unspecified atom stereocenters. The van der Waals surface area contributed by atoms with Gasteiger partial charge in [-0.05, 0) is 61.8 Å². The molecule has 1 rings (SSSR count). The summed E-state index contributed by atoms with van der Waals surface area (Å²) in [5.74, 6) is 0. The highest BCUT2D eigenvalue weighted by atomic mass is 79.9. The third-order valence-corrected chi connectivity index (χ3v) is 4.52. The number of aromatic nitrogens is 2. The summed E-state index contributed by atoms with van der Waals surface area (Å²) in [4.78, 5) is 0. The van der Waals surface area contributed by atoms with E-state index in [4.69, 9.17) is 17.0 Å². The highest BCUT2D eigenvalue weighted by Gasteiger charge is 2.07. The van der Waals surface area contributed by atoms with E-state index in [-0.39, 0.29) is 0 Å². The van der Waals surface area contributed by atoms with Crippen LogP contribution in [0.3, 0.4) is 0 Å². The van der Waals surface area contributed by atoms with Crippen LogP contribution in [0.15, 0.2) is 4.47 Å².